The van der Waals surface area contributed by atoms with E-state index in [1.165, 1.54) is 12.1 Å². The Kier molecular flexibility index (Phi) is 2.75. The fourth-order valence-corrected chi connectivity index (χ4v) is 1.05. The van der Waals surface area contributed by atoms with E-state index in [-0.39, 0.29) is 17.5 Å². The van der Waals surface area contributed by atoms with Crippen LogP contribution in [0.4, 0.5) is 0 Å². The van der Waals surface area contributed by atoms with Gasteiger partial charge in [0.25, 0.3) is 0 Å². The molecule has 0 bridgehead atoms. The summed E-state index contributed by atoms with van der Waals surface area (Å²) in [6.45, 7) is 1.77. The number of phenolic OH excluding ortho intramolecular Hbond substituents is 2. The molecule has 1 aromatic rings. The van der Waals surface area contributed by atoms with Crippen LogP contribution in [-0.2, 0) is 0 Å². The van der Waals surface area contributed by atoms with Crippen LogP contribution in [0.15, 0.2) is 18.2 Å². The van der Waals surface area contributed by atoms with Gasteiger partial charge in [-0.05, 0) is 24.6 Å². The van der Waals surface area contributed by atoms with Crippen LogP contribution in [0.2, 0.25) is 0 Å². The van der Waals surface area contributed by atoms with Gasteiger partial charge >= 0.3 is 0 Å². The number of aromatic hydroxyl groups is 2. The van der Waals surface area contributed by atoms with E-state index < -0.39 is 6.10 Å². The Bertz CT molecular complexity index is 299. The Morgan fingerprint density at radius 2 is 1.85 bits per heavy atom. The second-order valence-corrected chi connectivity index (χ2v) is 3.17. The van der Waals surface area contributed by atoms with Gasteiger partial charge < -0.3 is 21.1 Å². The van der Waals surface area contributed by atoms with Crippen LogP contribution in [0.25, 0.3) is 0 Å². The third-order valence-electron chi connectivity index (χ3n) is 1.88. The van der Waals surface area contributed by atoms with Crippen molar-refractivity contribution in [2.75, 3.05) is 0 Å². The van der Waals surface area contributed by atoms with Crippen LogP contribution < -0.4 is 5.73 Å². The topological polar surface area (TPSA) is 88.3 Å². The van der Waals surface area contributed by atoms with Crippen molar-refractivity contribution in [3.05, 3.63) is 23.8 Å². The van der Waals surface area contributed by atoms with Gasteiger partial charge in [-0.3, -0.25) is 0 Å². The van der Waals surface area contributed by atoms with E-state index in [0.717, 1.165) is 0 Å². The van der Waals surface area contributed by atoms with Crippen LogP contribution in [0.3, 0.4) is 0 Å². The van der Waals surface area contributed by atoms with Crippen molar-refractivity contribution in [3.63, 3.8) is 0 Å². The molecular weight excluding hydrogens is 170 g/mol. The third-order valence-corrected chi connectivity index (χ3v) is 1.88. The second kappa shape index (κ2) is 3.64. The van der Waals surface area contributed by atoms with Crippen LogP contribution in [0.5, 0.6) is 11.5 Å². The molecule has 2 atom stereocenters. The summed E-state index contributed by atoms with van der Waals surface area (Å²) in [6, 6.07) is 4.07. The van der Waals surface area contributed by atoms with Gasteiger partial charge in [-0.1, -0.05) is 6.07 Å². The first-order chi connectivity index (χ1) is 6.02. The van der Waals surface area contributed by atoms with E-state index in [0.29, 0.717) is 5.56 Å². The summed E-state index contributed by atoms with van der Waals surface area (Å²) >= 11 is 0. The van der Waals surface area contributed by atoms with Gasteiger partial charge in [0.1, 0.15) is 12.1 Å². The fraction of sp³-hybridized carbons (Fsp3) is 0.333. The number of rotatable bonds is 2. The monoisotopic (exact) mass is 184 g/mol. The highest BCUT2D eigenvalue weighted by atomic mass is 16.3. The maximum Gasteiger partial charge on any atom is 0.157 e. The zero-order valence-corrected chi connectivity index (χ0v) is 7.44. The summed E-state index contributed by atoms with van der Waals surface area (Å²) in [6.07, 6.45) is -0.716. The molecule has 0 saturated heterocycles. The molecule has 0 heterocycles. The summed E-state index contributed by atoms with van der Waals surface area (Å²) in [5.41, 5.74) is 4.23. The molecule has 0 fully saturated rings. The lowest BCUT2D eigenvalue weighted by Crippen LogP contribution is -2.61. The van der Waals surface area contributed by atoms with Crippen molar-refractivity contribution < 1.29 is 21.1 Å². The highest BCUT2D eigenvalue weighted by Gasteiger charge is 2.16. The molecule has 6 N–H and O–H groups in total. The van der Waals surface area contributed by atoms with Crippen molar-refractivity contribution in [2.24, 2.45) is 0 Å². The van der Waals surface area contributed by atoms with E-state index in [1.54, 1.807) is 13.0 Å². The van der Waals surface area contributed by atoms with Gasteiger partial charge in [0.05, 0.1) is 0 Å². The van der Waals surface area contributed by atoms with Gasteiger partial charge in [-0.25, -0.2) is 0 Å². The van der Waals surface area contributed by atoms with E-state index in [1.807, 2.05) is 0 Å². The Labute approximate surface area is 76.2 Å². The van der Waals surface area contributed by atoms with Gasteiger partial charge in [-0.15, -0.1) is 0 Å². The average molecular weight is 184 g/mol. The standard InChI is InChI=1S/C9H13NO3/c1-5(10)9(13)6-2-3-7(11)8(12)4-6/h2-5,9,11-13H,10H2,1H3/p+1/t5-,9+/m1/s1. The lowest BCUT2D eigenvalue weighted by atomic mass is 10.0. The Hall–Kier alpha value is -1.26. The highest BCUT2D eigenvalue weighted by molar-refractivity contribution is 5.41. The first-order valence-electron chi connectivity index (χ1n) is 4.05. The van der Waals surface area contributed by atoms with Crippen LogP contribution in [0, 0.1) is 0 Å². The molecule has 0 saturated carbocycles. The first kappa shape index (κ1) is 9.83. The van der Waals surface area contributed by atoms with Crippen LogP contribution >= 0.6 is 0 Å². The minimum absolute atomic E-state index is 0.163. The third kappa shape index (κ3) is 2.11. The lowest BCUT2D eigenvalue weighted by Gasteiger charge is -2.12. The maximum atomic E-state index is 9.56. The molecule has 72 valence electrons. The number of aliphatic hydroxyl groups is 1. The number of benzene rings is 1. The smallest absolute Gasteiger partial charge is 0.157 e. The quantitative estimate of drug-likeness (QED) is 0.478. The summed E-state index contributed by atoms with van der Waals surface area (Å²) in [5, 5.41) is 27.7. The summed E-state index contributed by atoms with van der Waals surface area (Å²) in [7, 11) is 0. The molecule has 0 unspecified atom stereocenters. The summed E-state index contributed by atoms with van der Waals surface area (Å²) < 4.78 is 0. The molecule has 0 radical (unpaired) electrons. The normalized spacial score (nSPS) is 15.3. The fourth-order valence-electron chi connectivity index (χ4n) is 1.05. The van der Waals surface area contributed by atoms with Gasteiger partial charge in [0.15, 0.2) is 11.5 Å². The zero-order valence-electron chi connectivity index (χ0n) is 7.44. The second-order valence-electron chi connectivity index (χ2n) is 3.17. The number of hydrogen-bond acceptors (Lipinski definition) is 3. The number of quaternary nitrogens is 1. The minimum Gasteiger partial charge on any atom is -0.504 e. The number of phenols is 2. The first-order valence-corrected chi connectivity index (χ1v) is 4.05. The van der Waals surface area contributed by atoms with Crippen molar-refractivity contribution in [2.45, 2.75) is 19.1 Å². The van der Waals surface area contributed by atoms with Gasteiger partial charge in [0, 0.05) is 0 Å². The van der Waals surface area contributed by atoms with E-state index in [2.05, 4.69) is 5.73 Å². The molecule has 0 amide bonds. The molecule has 4 nitrogen and oxygen atoms in total. The molecule has 0 aliphatic rings. The SMILES string of the molecule is C[C@@H]([NH3+])[C@H](O)c1ccc(O)c(O)c1. The summed E-state index contributed by atoms with van der Waals surface area (Å²) in [5.74, 6) is -0.412. The molecule has 0 spiro atoms. The van der Waals surface area contributed by atoms with Crippen LogP contribution in [0.1, 0.15) is 18.6 Å². The molecule has 1 rings (SSSR count). The molecule has 1 aromatic carbocycles. The lowest BCUT2D eigenvalue weighted by molar-refractivity contribution is -0.433. The average Bonchev–Trinajstić information content (AvgIpc) is 2.08. The molecule has 13 heavy (non-hydrogen) atoms. The minimum atomic E-state index is -0.716. The van der Waals surface area contributed by atoms with Crippen molar-refractivity contribution in [1.29, 1.82) is 0 Å². The van der Waals surface area contributed by atoms with Crippen molar-refractivity contribution >= 4 is 0 Å². The Morgan fingerprint density at radius 1 is 1.23 bits per heavy atom. The Morgan fingerprint density at radius 3 is 2.31 bits per heavy atom. The summed E-state index contributed by atoms with van der Waals surface area (Å²) in [4.78, 5) is 0. The number of hydrogen-bond donors (Lipinski definition) is 4. The van der Waals surface area contributed by atoms with Crippen molar-refractivity contribution in [1.82, 2.24) is 0 Å². The van der Waals surface area contributed by atoms with Crippen molar-refractivity contribution in [3.8, 4) is 11.5 Å². The van der Waals surface area contributed by atoms with Gasteiger partial charge in [0.2, 0.25) is 0 Å². The molecule has 0 aliphatic heterocycles. The van der Waals surface area contributed by atoms with E-state index in [4.69, 9.17) is 10.2 Å². The predicted molar refractivity (Wildman–Crippen MR) is 47.1 cm³/mol. The molecule has 4 heteroatoms. The van der Waals surface area contributed by atoms with Gasteiger partial charge in [-0.2, -0.15) is 0 Å². The van der Waals surface area contributed by atoms with Crippen LogP contribution in [-0.4, -0.2) is 21.4 Å². The zero-order chi connectivity index (χ0) is 10.0. The van der Waals surface area contributed by atoms with E-state index >= 15 is 0 Å². The Balaban J connectivity index is 2.97. The maximum absolute atomic E-state index is 9.56. The number of aliphatic hydroxyl groups excluding tert-OH is 1. The predicted octanol–water partition coefficient (Wildman–Crippen LogP) is -0.238. The molecule has 0 aromatic heterocycles. The molecule has 0 aliphatic carbocycles. The van der Waals surface area contributed by atoms with E-state index in [9.17, 15) is 5.11 Å². The molecular formula is C9H14NO3+. The largest absolute Gasteiger partial charge is 0.504 e. The highest BCUT2D eigenvalue weighted by Crippen LogP contribution is 2.28.